The minimum Gasteiger partial charge on any atom is -0.481 e. The third kappa shape index (κ3) is 6.00. The van der Waals surface area contributed by atoms with Gasteiger partial charge in [0.25, 0.3) is 0 Å². The number of nitrogens with one attached hydrogen (secondary N) is 1. The smallest absolute Gasteiger partial charge is 0.304 e. The van der Waals surface area contributed by atoms with E-state index in [2.05, 4.69) is 5.32 Å². The molecular formula is C13H18ClNO3. The molecule has 0 fully saturated rings. The van der Waals surface area contributed by atoms with E-state index in [0.717, 1.165) is 5.56 Å². The minimum absolute atomic E-state index is 0.0635. The summed E-state index contributed by atoms with van der Waals surface area (Å²) in [5, 5.41) is 21.4. The first kappa shape index (κ1) is 15.0. The van der Waals surface area contributed by atoms with Gasteiger partial charge in [0.2, 0.25) is 0 Å². The number of carboxylic acid groups (broad SMARTS) is 1. The van der Waals surface area contributed by atoms with E-state index in [-0.39, 0.29) is 19.1 Å². The maximum Gasteiger partial charge on any atom is 0.304 e. The van der Waals surface area contributed by atoms with Crippen molar-refractivity contribution in [3.63, 3.8) is 0 Å². The van der Waals surface area contributed by atoms with E-state index in [1.807, 2.05) is 12.1 Å². The van der Waals surface area contributed by atoms with E-state index in [9.17, 15) is 4.79 Å². The molecule has 0 amide bonds. The third-order valence-electron chi connectivity index (χ3n) is 2.58. The van der Waals surface area contributed by atoms with Gasteiger partial charge in [0.15, 0.2) is 0 Å². The largest absolute Gasteiger partial charge is 0.481 e. The zero-order valence-electron chi connectivity index (χ0n) is 10.1. The van der Waals surface area contributed by atoms with E-state index >= 15 is 0 Å². The zero-order chi connectivity index (χ0) is 13.4. The van der Waals surface area contributed by atoms with Crippen molar-refractivity contribution in [1.29, 1.82) is 0 Å². The molecule has 1 aromatic rings. The van der Waals surface area contributed by atoms with Crippen LogP contribution in [-0.2, 0) is 11.2 Å². The Hall–Kier alpha value is -1.10. The van der Waals surface area contributed by atoms with Crippen LogP contribution in [0.25, 0.3) is 0 Å². The number of hydrogen-bond donors (Lipinski definition) is 3. The molecule has 0 aliphatic rings. The number of aliphatic carboxylic acids is 1. The first-order chi connectivity index (χ1) is 8.61. The fourth-order valence-electron chi connectivity index (χ4n) is 1.72. The monoisotopic (exact) mass is 271 g/mol. The summed E-state index contributed by atoms with van der Waals surface area (Å²) in [5.41, 5.74) is 1.04. The van der Waals surface area contributed by atoms with Gasteiger partial charge in [-0.1, -0.05) is 23.7 Å². The predicted molar refractivity (Wildman–Crippen MR) is 70.9 cm³/mol. The maximum absolute atomic E-state index is 10.8. The zero-order valence-corrected chi connectivity index (χ0v) is 10.9. The van der Waals surface area contributed by atoms with E-state index in [0.29, 0.717) is 24.4 Å². The highest BCUT2D eigenvalue weighted by atomic mass is 35.5. The van der Waals surface area contributed by atoms with Crippen LogP contribution >= 0.6 is 11.6 Å². The minimum atomic E-state index is -0.828. The van der Waals surface area contributed by atoms with Gasteiger partial charge in [-0.05, 0) is 37.1 Å². The third-order valence-corrected chi connectivity index (χ3v) is 2.84. The van der Waals surface area contributed by atoms with Gasteiger partial charge in [0.1, 0.15) is 0 Å². The fourth-order valence-corrected chi connectivity index (χ4v) is 1.84. The molecule has 1 aromatic carbocycles. The topological polar surface area (TPSA) is 69.6 Å². The molecular weight excluding hydrogens is 254 g/mol. The van der Waals surface area contributed by atoms with Gasteiger partial charge in [-0.2, -0.15) is 0 Å². The second-order valence-corrected chi connectivity index (χ2v) is 4.59. The summed E-state index contributed by atoms with van der Waals surface area (Å²) in [6.45, 7) is 0.718. The van der Waals surface area contributed by atoms with Crippen molar-refractivity contribution in [3.05, 3.63) is 34.9 Å². The van der Waals surface area contributed by atoms with Crippen LogP contribution < -0.4 is 5.32 Å². The van der Waals surface area contributed by atoms with E-state index in [1.165, 1.54) is 0 Å². The normalized spacial score (nSPS) is 12.3. The van der Waals surface area contributed by atoms with Crippen LogP contribution in [0, 0.1) is 0 Å². The Labute approximate surface area is 112 Å². The molecule has 5 heteroatoms. The van der Waals surface area contributed by atoms with Crippen LogP contribution in [0.3, 0.4) is 0 Å². The van der Waals surface area contributed by atoms with Gasteiger partial charge < -0.3 is 15.5 Å². The SMILES string of the molecule is O=C(O)CC(Cc1ccc(Cl)cc1)NCCCO. The average Bonchev–Trinajstić information content (AvgIpc) is 2.31. The highest BCUT2D eigenvalue weighted by Gasteiger charge is 2.13. The summed E-state index contributed by atoms with van der Waals surface area (Å²) in [7, 11) is 0. The second kappa shape index (κ2) is 8.08. The molecule has 0 bridgehead atoms. The molecule has 0 spiro atoms. The first-order valence-electron chi connectivity index (χ1n) is 5.92. The lowest BCUT2D eigenvalue weighted by atomic mass is 10.0. The number of rotatable bonds is 8. The lowest BCUT2D eigenvalue weighted by molar-refractivity contribution is -0.137. The van der Waals surface area contributed by atoms with Crippen molar-refractivity contribution in [2.75, 3.05) is 13.2 Å². The van der Waals surface area contributed by atoms with Gasteiger partial charge in [-0.15, -0.1) is 0 Å². The number of hydrogen-bond acceptors (Lipinski definition) is 3. The van der Waals surface area contributed by atoms with Crippen molar-refractivity contribution in [3.8, 4) is 0 Å². The van der Waals surface area contributed by atoms with Gasteiger partial charge in [-0.25, -0.2) is 0 Å². The van der Waals surface area contributed by atoms with Crippen molar-refractivity contribution in [2.45, 2.75) is 25.3 Å². The molecule has 0 aromatic heterocycles. The number of benzene rings is 1. The molecule has 18 heavy (non-hydrogen) atoms. The molecule has 4 nitrogen and oxygen atoms in total. The van der Waals surface area contributed by atoms with E-state index in [4.69, 9.17) is 21.8 Å². The Kier molecular flexibility index (Phi) is 6.72. The molecule has 0 aliphatic carbocycles. The summed E-state index contributed by atoms with van der Waals surface area (Å²) < 4.78 is 0. The molecule has 1 atom stereocenters. The van der Waals surface area contributed by atoms with Crippen LogP contribution in [-0.4, -0.2) is 35.4 Å². The Morgan fingerprint density at radius 3 is 2.56 bits per heavy atom. The lowest BCUT2D eigenvalue weighted by Crippen LogP contribution is -2.34. The summed E-state index contributed by atoms with van der Waals surface area (Å²) in [6, 6.07) is 7.25. The molecule has 1 rings (SSSR count). The lowest BCUT2D eigenvalue weighted by Gasteiger charge is -2.16. The van der Waals surface area contributed by atoms with Crippen LogP contribution in [0.5, 0.6) is 0 Å². The first-order valence-corrected chi connectivity index (χ1v) is 6.30. The molecule has 0 saturated carbocycles. The predicted octanol–water partition coefficient (Wildman–Crippen LogP) is 1.70. The Bertz CT molecular complexity index is 367. The van der Waals surface area contributed by atoms with Crippen LogP contribution in [0.4, 0.5) is 0 Å². The maximum atomic E-state index is 10.8. The summed E-state index contributed by atoms with van der Waals surface area (Å²) in [5.74, 6) is -0.828. The molecule has 0 saturated heterocycles. The number of carbonyl (C=O) groups is 1. The number of aliphatic hydroxyl groups excluding tert-OH is 1. The van der Waals surface area contributed by atoms with Gasteiger partial charge >= 0.3 is 5.97 Å². The molecule has 3 N–H and O–H groups in total. The fraction of sp³-hybridized carbons (Fsp3) is 0.462. The van der Waals surface area contributed by atoms with Gasteiger partial charge in [-0.3, -0.25) is 4.79 Å². The second-order valence-electron chi connectivity index (χ2n) is 4.16. The standard InChI is InChI=1S/C13H18ClNO3/c14-11-4-2-10(3-5-11)8-12(9-13(17)18)15-6-1-7-16/h2-5,12,15-16H,1,6-9H2,(H,17,18). The summed E-state index contributed by atoms with van der Waals surface area (Å²) in [4.78, 5) is 10.8. The molecule has 100 valence electrons. The van der Waals surface area contributed by atoms with Crippen molar-refractivity contribution in [1.82, 2.24) is 5.32 Å². The van der Waals surface area contributed by atoms with Gasteiger partial charge in [0.05, 0.1) is 6.42 Å². The number of carboxylic acids is 1. The molecule has 0 aliphatic heterocycles. The Morgan fingerprint density at radius 1 is 1.33 bits per heavy atom. The summed E-state index contributed by atoms with van der Waals surface area (Å²) >= 11 is 5.80. The Balaban J connectivity index is 2.53. The van der Waals surface area contributed by atoms with Crippen molar-refractivity contribution in [2.24, 2.45) is 0 Å². The van der Waals surface area contributed by atoms with E-state index < -0.39 is 5.97 Å². The molecule has 1 unspecified atom stereocenters. The highest BCUT2D eigenvalue weighted by Crippen LogP contribution is 2.12. The highest BCUT2D eigenvalue weighted by molar-refractivity contribution is 6.30. The van der Waals surface area contributed by atoms with Gasteiger partial charge in [0, 0.05) is 17.7 Å². The average molecular weight is 272 g/mol. The van der Waals surface area contributed by atoms with Crippen molar-refractivity contribution >= 4 is 17.6 Å². The quantitative estimate of drug-likeness (QED) is 0.630. The van der Waals surface area contributed by atoms with Crippen LogP contribution in [0.2, 0.25) is 5.02 Å². The number of halogens is 1. The van der Waals surface area contributed by atoms with E-state index in [1.54, 1.807) is 12.1 Å². The molecule has 0 heterocycles. The molecule has 0 radical (unpaired) electrons. The number of aliphatic hydroxyl groups is 1. The van der Waals surface area contributed by atoms with Crippen LogP contribution in [0.1, 0.15) is 18.4 Å². The summed E-state index contributed by atoms with van der Waals surface area (Å²) in [6.07, 6.45) is 1.32. The van der Waals surface area contributed by atoms with Crippen molar-refractivity contribution < 1.29 is 15.0 Å². The Morgan fingerprint density at radius 2 is 2.00 bits per heavy atom. The van der Waals surface area contributed by atoms with Crippen LogP contribution in [0.15, 0.2) is 24.3 Å².